The van der Waals surface area contributed by atoms with Crippen molar-refractivity contribution in [2.45, 2.75) is 58.4 Å². The molecule has 0 radical (unpaired) electrons. The molecule has 0 saturated carbocycles. The maximum Gasteiger partial charge on any atom is 0.0224 e. The lowest BCUT2D eigenvalue weighted by molar-refractivity contribution is 0.210. The largest absolute Gasteiger partial charge is 0.311 e. The highest BCUT2D eigenvalue weighted by Crippen LogP contribution is 2.30. The number of benzene rings is 1. The normalized spacial score (nSPS) is 24.4. The third-order valence-corrected chi connectivity index (χ3v) is 4.01. The van der Waals surface area contributed by atoms with Crippen molar-refractivity contribution in [3.63, 3.8) is 0 Å². The van der Waals surface area contributed by atoms with Crippen LogP contribution in [0.3, 0.4) is 0 Å². The second kappa shape index (κ2) is 5.88. The van der Waals surface area contributed by atoms with E-state index in [0.717, 1.165) is 5.92 Å². The van der Waals surface area contributed by atoms with E-state index in [1.54, 1.807) is 0 Å². The zero-order chi connectivity index (χ0) is 13.0. The molecule has 0 spiro atoms. The minimum atomic E-state index is 0.347. The van der Waals surface area contributed by atoms with Gasteiger partial charge in [-0.25, -0.2) is 0 Å². The highest BCUT2D eigenvalue weighted by molar-refractivity contribution is 5.24. The van der Waals surface area contributed by atoms with Gasteiger partial charge < -0.3 is 5.32 Å². The van der Waals surface area contributed by atoms with Crippen LogP contribution in [-0.2, 0) is 6.42 Å². The number of aryl methyl sites for hydroxylation is 1. The van der Waals surface area contributed by atoms with E-state index in [1.807, 2.05) is 0 Å². The molecule has 0 aliphatic carbocycles. The van der Waals surface area contributed by atoms with Crippen LogP contribution in [0.2, 0.25) is 0 Å². The fraction of sp³-hybridized carbons (Fsp3) is 0.647. The maximum atomic E-state index is 3.83. The Balaban J connectivity index is 2.14. The van der Waals surface area contributed by atoms with Gasteiger partial charge in [-0.05, 0) is 50.6 Å². The smallest absolute Gasteiger partial charge is 0.0224 e. The van der Waals surface area contributed by atoms with Crippen molar-refractivity contribution in [3.05, 3.63) is 35.4 Å². The first-order valence-corrected chi connectivity index (χ1v) is 7.40. The highest BCUT2D eigenvalue weighted by atomic mass is 15.0. The van der Waals surface area contributed by atoms with Crippen LogP contribution in [0, 0.1) is 12.8 Å². The fourth-order valence-electron chi connectivity index (χ4n) is 3.42. The van der Waals surface area contributed by atoms with E-state index in [1.165, 1.54) is 49.8 Å². The van der Waals surface area contributed by atoms with Crippen LogP contribution >= 0.6 is 0 Å². The molecule has 100 valence electrons. The average Bonchev–Trinajstić information content (AvgIpc) is 2.28. The van der Waals surface area contributed by atoms with Crippen molar-refractivity contribution in [2.24, 2.45) is 5.92 Å². The second-order valence-corrected chi connectivity index (χ2v) is 6.43. The molecule has 1 heterocycles. The number of piperidine rings is 1. The minimum absolute atomic E-state index is 0.347. The summed E-state index contributed by atoms with van der Waals surface area (Å²) in [5, 5.41) is 3.83. The molecule has 1 aromatic carbocycles. The third-order valence-electron chi connectivity index (χ3n) is 4.01. The van der Waals surface area contributed by atoms with Gasteiger partial charge in [-0.1, -0.05) is 50.1 Å². The Kier molecular flexibility index (Phi) is 4.45. The van der Waals surface area contributed by atoms with Gasteiger partial charge in [-0.2, -0.15) is 0 Å². The van der Waals surface area contributed by atoms with E-state index in [9.17, 15) is 0 Å². The van der Waals surface area contributed by atoms with E-state index in [0.29, 0.717) is 5.54 Å². The molecule has 1 N–H and O–H groups in total. The van der Waals surface area contributed by atoms with Gasteiger partial charge in [0.1, 0.15) is 0 Å². The summed E-state index contributed by atoms with van der Waals surface area (Å²) in [6.07, 6.45) is 6.53. The zero-order valence-corrected chi connectivity index (χ0v) is 12.1. The van der Waals surface area contributed by atoms with Gasteiger partial charge in [0.15, 0.2) is 0 Å². The van der Waals surface area contributed by atoms with E-state index >= 15 is 0 Å². The van der Waals surface area contributed by atoms with E-state index < -0.39 is 0 Å². The third kappa shape index (κ3) is 3.58. The number of rotatable bonds is 4. The predicted octanol–water partition coefficient (Wildman–Crippen LogP) is 4.10. The molecule has 1 heteroatoms. The van der Waals surface area contributed by atoms with Crippen LogP contribution < -0.4 is 5.32 Å². The van der Waals surface area contributed by atoms with E-state index in [4.69, 9.17) is 0 Å². The van der Waals surface area contributed by atoms with Crippen molar-refractivity contribution in [1.82, 2.24) is 5.32 Å². The summed E-state index contributed by atoms with van der Waals surface area (Å²) < 4.78 is 0. The summed E-state index contributed by atoms with van der Waals surface area (Å²) in [7, 11) is 0. The van der Waals surface area contributed by atoms with E-state index in [-0.39, 0.29) is 0 Å². The monoisotopic (exact) mass is 245 g/mol. The molecule has 1 saturated heterocycles. The first-order valence-electron chi connectivity index (χ1n) is 7.40. The Labute approximate surface area is 112 Å². The molecule has 1 nitrogen and oxygen atoms in total. The van der Waals surface area contributed by atoms with Crippen LogP contribution in [0.4, 0.5) is 0 Å². The molecule has 1 aliphatic rings. The van der Waals surface area contributed by atoms with Crippen LogP contribution in [0.5, 0.6) is 0 Å². The summed E-state index contributed by atoms with van der Waals surface area (Å²) in [5.41, 5.74) is 3.22. The molecule has 2 rings (SSSR count). The first kappa shape index (κ1) is 13.6. The number of hydrogen-bond acceptors (Lipinski definition) is 1. The van der Waals surface area contributed by atoms with Crippen molar-refractivity contribution >= 4 is 0 Å². The minimum Gasteiger partial charge on any atom is -0.311 e. The molecule has 0 amide bonds. The zero-order valence-electron chi connectivity index (χ0n) is 12.1. The van der Waals surface area contributed by atoms with Gasteiger partial charge in [0.25, 0.3) is 0 Å². The van der Waals surface area contributed by atoms with Crippen molar-refractivity contribution in [1.29, 1.82) is 0 Å². The fourth-order valence-corrected chi connectivity index (χ4v) is 3.42. The molecule has 1 atom stereocenters. The Bertz CT molecular complexity index is 375. The first-order chi connectivity index (χ1) is 8.60. The SMILES string of the molecule is Cc1cccc(CC2(CC(C)C)CCCCN2)c1. The predicted molar refractivity (Wildman–Crippen MR) is 78.9 cm³/mol. The Hall–Kier alpha value is -0.820. The Morgan fingerprint density at radius 3 is 2.72 bits per heavy atom. The van der Waals surface area contributed by atoms with Crippen LogP contribution in [-0.4, -0.2) is 12.1 Å². The topological polar surface area (TPSA) is 12.0 Å². The maximum absolute atomic E-state index is 3.83. The van der Waals surface area contributed by atoms with Crippen molar-refractivity contribution in [2.75, 3.05) is 6.54 Å². The summed E-state index contributed by atoms with van der Waals surface area (Å²) >= 11 is 0. The van der Waals surface area contributed by atoms with Crippen LogP contribution in [0.15, 0.2) is 24.3 Å². The number of hydrogen-bond donors (Lipinski definition) is 1. The lowest BCUT2D eigenvalue weighted by atomic mass is 9.77. The van der Waals surface area contributed by atoms with Crippen LogP contribution in [0.1, 0.15) is 50.7 Å². The molecule has 1 aromatic rings. The van der Waals surface area contributed by atoms with Gasteiger partial charge in [0.05, 0.1) is 0 Å². The molecular formula is C17H27N. The summed E-state index contributed by atoms with van der Waals surface area (Å²) in [4.78, 5) is 0. The molecule has 18 heavy (non-hydrogen) atoms. The second-order valence-electron chi connectivity index (χ2n) is 6.43. The quantitative estimate of drug-likeness (QED) is 0.842. The molecule has 1 fully saturated rings. The van der Waals surface area contributed by atoms with Gasteiger partial charge in [-0.15, -0.1) is 0 Å². The number of nitrogens with one attached hydrogen (secondary N) is 1. The Morgan fingerprint density at radius 1 is 1.28 bits per heavy atom. The lowest BCUT2D eigenvalue weighted by Gasteiger charge is -2.40. The average molecular weight is 245 g/mol. The van der Waals surface area contributed by atoms with Gasteiger partial charge >= 0.3 is 0 Å². The molecule has 1 unspecified atom stereocenters. The summed E-state index contributed by atoms with van der Waals surface area (Å²) in [6.45, 7) is 8.06. The van der Waals surface area contributed by atoms with E-state index in [2.05, 4.69) is 50.4 Å². The standard InChI is InChI=1S/C17H27N/c1-14(2)12-17(9-4-5-10-18-17)13-16-8-6-7-15(3)11-16/h6-8,11,14,18H,4-5,9-10,12-13H2,1-3H3. The molecule has 0 bridgehead atoms. The summed E-state index contributed by atoms with van der Waals surface area (Å²) in [6, 6.07) is 9.01. The van der Waals surface area contributed by atoms with Gasteiger partial charge in [0, 0.05) is 5.54 Å². The van der Waals surface area contributed by atoms with Gasteiger partial charge in [0.2, 0.25) is 0 Å². The van der Waals surface area contributed by atoms with Crippen molar-refractivity contribution < 1.29 is 0 Å². The molecule has 0 aromatic heterocycles. The lowest BCUT2D eigenvalue weighted by Crippen LogP contribution is -2.51. The molecule has 1 aliphatic heterocycles. The summed E-state index contributed by atoms with van der Waals surface area (Å²) in [5.74, 6) is 0.764. The van der Waals surface area contributed by atoms with Gasteiger partial charge in [-0.3, -0.25) is 0 Å². The van der Waals surface area contributed by atoms with Crippen LogP contribution in [0.25, 0.3) is 0 Å². The molecular weight excluding hydrogens is 218 g/mol. The Morgan fingerprint density at radius 2 is 2.11 bits per heavy atom. The highest BCUT2D eigenvalue weighted by Gasteiger charge is 2.32. The van der Waals surface area contributed by atoms with Crippen molar-refractivity contribution in [3.8, 4) is 0 Å².